The van der Waals surface area contributed by atoms with Gasteiger partial charge in [0, 0.05) is 64.6 Å². The number of anilines is 1. The Labute approximate surface area is 161 Å². The van der Waals surface area contributed by atoms with E-state index >= 15 is 0 Å². The first-order chi connectivity index (χ1) is 12.1. The number of hydrogen-bond donors (Lipinski definition) is 1. The standard InChI is InChI=1S/C17H15Br2N5O/c18-13-8-11-12(10-22-15(11)9-14(13)19)16(25)23-4-6-24(7-5-23)17-20-2-1-3-21-17/h1-3,8-10,22H,4-7H2. The van der Waals surface area contributed by atoms with Crippen molar-refractivity contribution in [2.45, 2.75) is 0 Å². The zero-order chi connectivity index (χ0) is 17.4. The second-order valence-corrected chi connectivity index (χ2v) is 7.55. The molecule has 25 heavy (non-hydrogen) atoms. The highest BCUT2D eigenvalue weighted by Gasteiger charge is 2.25. The Morgan fingerprint density at radius 3 is 2.44 bits per heavy atom. The van der Waals surface area contributed by atoms with E-state index in [4.69, 9.17) is 0 Å². The van der Waals surface area contributed by atoms with Crippen LogP contribution in [0.1, 0.15) is 10.4 Å². The first kappa shape index (κ1) is 16.5. The zero-order valence-corrected chi connectivity index (χ0v) is 16.4. The number of H-pyrrole nitrogens is 1. The smallest absolute Gasteiger partial charge is 0.256 e. The summed E-state index contributed by atoms with van der Waals surface area (Å²) >= 11 is 7.00. The summed E-state index contributed by atoms with van der Waals surface area (Å²) < 4.78 is 1.89. The fourth-order valence-corrected chi connectivity index (χ4v) is 3.71. The highest BCUT2D eigenvalue weighted by Crippen LogP contribution is 2.30. The average molecular weight is 465 g/mol. The monoisotopic (exact) mass is 463 g/mol. The van der Waals surface area contributed by atoms with Crippen molar-refractivity contribution in [3.63, 3.8) is 0 Å². The first-order valence-corrected chi connectivity index (χ1v) is 9.49. The zero-order valence-electron chi connectivity index (χ0n) is 13.2. The fraction of sp³-hybridized carbons (Fsp3) is 0.235. The second kappa shape index (κ2) is 6.76. The molecule has 1 saturated heterocycles. The van der Waals surface area contributed by atoms with Crippen molar-refractivity contribution in [2.75, 3.05) is 31.1 Å². The molecule has 6 nitrogen and oxygen atoms in total. The van der Waals surface area contributed by atoms with E-state index in [2.05, 4.69) is 51.7 Å². The third-order valence-corrected chi connectivity index (χ3v) is 6.20. The van der Waals surface area contributed by atoms with Gasteiger partial charge in [-0.3, -0.25) is 4.79 Å². The summed E-state index contributed by atoms with van der Waals surface area (Å²) in [7, 11) is 0. The highest BCUT2D eigenvalue weighted by atomic mass is 79.9. The topological polar surface area (TPSA) is 65.1 Å². The van der Waals surface area contributed by atoms with Crippen molar-refractivity contribution in [3.8, 4) is 0 Å². The number of nitrogens with zero attached hydrogens (tertiary/aromatic N) is 4. The van der Waals surface area contributed by atoms with Gasteiger partial charge in [-0.05, 0) is 50.1 Å². The van der Waals surface area contributed by atoms with Crippen molar-refractivity contribution in [1.82, 2.24) is 19.9 Å². The van der Waals surface area contributed by atoms with Crippen LogP contribution in [0.3, 0.4) is 0 Å². The van der Waals surface area contributed by atoms with Crippen LogP contribution in [0.25, 0.3) is 10.9 Å². The third-order valence-electron chi connectivity index (χ3n) is 4.35. The van der Waals surface area contributed by atoms with Crippen molar-refractivity contribution >= 4 is 54.6 Å². The lowest BCUT2D eigenvalue weighted by atomic mass is 10.1. The number of fused-ring (bicyclic) bond motifs is 1. The molecule has 2 aromatic heterocycles. The van der Waals surface area contributed by atoms with E-state index in [9.17, 15) is 4.79 Å². The second-order valence-electron chi connectivity index (χ2n) is 5.84. The normalized spacial score (nSPS) is 15.0. The number of nitrogens with one attached hydrogen (secondary N) is 1. The van der Waals surface area contributed by atoms with Crippen LogP contribution in [0.15, 0.2) is 45.7 Å². The number of aromatic nitrogens is 3. The average Bonchev–Trinajstić information content (AvgIpc) is 3.05. The summed E-state index contributed by atoms with van der Waals surface area (Å²) in [4.78, 5) is 28.7. The Kier molecular flexibility index (Phi) is 4.47. The molecular weight excluding hydrogens is 450 g/mol. The van der Waals surface area contributed by atoms with Gasteiger partial charge in [-0.25, -0.2) is 9.97 Å². The van der Waals surface area contributed by atoms with Crippen molar-refractivity contribution < 1.29 is 4.79 Å². The number of carbonyl (C=O) groups is 1. The molecule has 0 bridgehead atoms. The van der Waals surface area contributed by atoms with Crippen molar-refractivity contribution in [1.29, 1.82) is 0 Å². The molecule has 1 N–H and O–H groups in total. The van der Waals surface area contributed by atoms with Crippen LogP contribution in [0.4, 0.5) is 5.95 Å². The molecule has 3 heterocycles. The molecule has 1 aliphatic rings. The van der Waals surface area contributed by atoms with Gasteiger partial charge in [-0.2, -0.15) is 0 Å². The van der Waals surface area contributed by atoms with E-state index < -0.39 is 0 Å². The summed E-state index contributed by atoms with van der Waals surface area (Å²) in [5.41, 5.74) is 1.64. The molecule has 0 atom stereocenters. The Bertz CT molecular complexity index is 919. The molecule has 1 amide bonds. The van der Waals surface area contributed by atoms with Crippen LogP contribution in [-0.2, 0) is 0 Å². The van der Waals surface area contributed by atoms with Gasteiger partial charge in [0.2, 0.25) is 5.95 Å². The molecule has 1 fully saturated rings. The predicted octanol–water partition coefficient (Wildman–Crippen LogP) is 3.45. The van der Waals surface area contributed by atoms with E-state index in [1.54, 1.807) is 24.7 Å². The number of rotatable bonds is 2. The van der Waals surface area contributed by atoms with Gasteiger partial charge >= 0.3 is 0 Å². The molecule has 0 unspecified atom stereocenters. The number of hydrogen-bond acceptors (Lipinski definition) is 4. The maximum Gasteiger partial charge on any atom is 0.256 e. The molecule has 1 aliphatic heterocycles. The molecule has 1 aromatic carbocycles. The lowest BCUT2D eigenvalue weighted by Gasteiger charge is -2.34. The Morgan fingerprint density at radius 1 is 1.04 bits per heavy atom. The summed E-state index contributed by atoms with van der Waals surface area (Å²) in [5, 5.41) is 0.925. The van der Waals surface area contributed by atoms with Gasteiger partial charge in [0.1, 0.15) is 0 Å². The summed E-state index contributed by atoms with van der Waals surface area (Å²) in [6.07, 6.45) is 5.27. The number of aromatic amines is 1. The molecule has 3 aromatic rings. The van der Waals surface area contributed by atoms with Crippen LogP contribution in [0, 0.1) is 0 Å². The lowest BCUT2D eigenvalue weighted by molar-refractivity contribution is 0.0748. The van der Waals surface area contributed by atoms with E-state index in [-0.39, 0.29) is 5.91 Å². The maximum atomic E-state index is 12.9. The number of carbonyl (C=O) groups excluding carboxylic acids is 1. The van der Waals surface area contributed by atoms with E-state index in [0.29, 0.717) is 18.7 Å². The van der Waals surface area contributed by atoms with Gasteiger partial charge in [0.05, 0.1) is 5.56 Å². The molecule has 0 spiro atoms. The van der Waals surface area contributed by atoms with Crippen LogP contribution in [-0.4, -0.2) is 51.9 Å². The number of benzene rings is 1. The SMILES string of the molecule is O=C(c1c[nH]c2cc(Br)c(Br)cc12)N1CCN(c2ncccn2)CC1. The molecule has 4 rings (SSSR count). The Balaban J connectivity index is 1.52. The van der Waals surface area contributed by atoms with Crippen molar-refractivity contribution in [2.24, 2.45) is 0 Å². The van der Waals surface area contributed by atoms with Gasteiger partial charge in [0.15, 0.2) is 0 Å². The number of halogens is 2. The van der Waals surface area contributed by atoms with E-state index in [0.717, 1.165) is 38.9 Å². The summed E-state index contributed by atoms with van der Waals surface area (Å²) in [5.74, 6) is 0.768. The lowest BCUT2D eigenvalue weighted by Crippen LogP contribution is -2.49. The maximum absolute atomic E-state index is 12.9. The summed E-state index contributed by atoms with van der Waals surface area (Å²) in [6, 6.07) is 5.74. The number of piperazine rings is 1. The Hall–Kier alpha value is -1.93. The van der Waals surface area contributed by atoms with Gasteiger partial charge in [0.25, 0.3) is 5.91 Å². The minimum absolute atomic E-state index is 0.0501. The minimum atomic E-state index is 0.0501. The minimum Gasteiger partial charge on any atom is -0.360 e. The molecule has 0 aliphatic carbocycles. The highest BCUT2D eigenvalue weighted by molar-refractivity contribution is 9.13. The van der Waals surface area contributed by atoms with Crippen LogP contribution in [0.5, 0.6) is 0 Å². The van der Waals surface area contributed by atoms with Crippen LogP contribution >= 0.6 is 31.9 Å². The van der Waals surface area contributed by atoms with Gasteiger partial charge in [-0.15, -0.1) is 0 Å². The molecular formula is C17H15Br2N5O. The van der Waals surface area contributed by atoms with Gasteiger partial charge in [-0.1, -0.05) is 0 Å². The van der Waals surface area contributed by atoms with Crippen LogP contribution < -0.4 is 4.90 Å². The summed E-state index contributed by atoms with van der Waals surface area (Å²) in [6.45, 7) is 2.77. The first-order valence-electron chi connectivity index (χ1n) is 7.91. The number of amides is 1. The molecule has 0 radical (unpaired) electrons. The molecule has 8 heteroatoms. The molecule has 0 saturated carbocycles. The predicted molar refractivity (Wildman–Crippen MR) is 104 cm³/mol. The fourth-order valence-electron chi connectivity index (χ4n) is 3.03. The largest absolute Gasteiger partial charge is 0.360 e. The van der Waals surface area contributed by atoms with E-state index in [1.165, 1.54) is 0 Å². The van der Waals surface area contributed by atoms with Gasteiger partial charge < -0.3 is 14.8 Å². The quantitative estimate of drug-likeness (QED) is 0.630. The van der Waals surface area contributed by atoms with Crippen molar-refractivity contribution in [3.05, 3.63) is 51.3 Å². The third kappa shape index (κ3) is 3.16. The van der Waals surface area contributed by atoms with Crippen LogP contribution in [0.2, 0.25) is 0 Å². The Morgan fingerprint density at radius 2 is 1.72 bits per heavy atom. The molecule has 128 valence electrons. The van der Waals surface area contributed by atoms with E-state index in [1.807, 2.05) is 17.0 Å².